The number of nitrogens with zero attached hydrogens (tertiary/aromatic N) is 1. The second-order valence-electron chi connectivity index (χ2n) is 6.12. The van der Waals surface area contributed by atoms with E-state index in [1.807, 2.05) is 0 Å². The fourth-order valence-electron chi connectivity index (χ4n) is 3.02. The summed E-state index contributed by atoms with van der Waals surface area (Å²) >= 11 is 0. The van der Waals surface area contributed by atoms with Gasteiger partial charge in [-0.15, -0.1) is 0 Å². The minimum atomic E-state index is -3.34. The van der Waals surface area contributed by atoms with Gasteiger partial charge >= 0.3 is 0 Å². The van der Waals surface area contributed by atoms with Crippen LogP contribution in [0.2, 0.25) is 0 Å². The molecule has 0 aromatic rings. The van der Waals surface area contributed by atoms with Crippen LogP contribution >= 0.6 is 0 Å². The van der Waals surface area contributed by atoms with E-state index in [1.54, 1.807) is 4.31 Å². The normalized spacial score (nSPS) is 29.2. The summed E-state index contributed by atoms with van der Waals surface area (Å²) in [4.78, 5) is 0. The highest BCUT2D eigenvalue weighted by atomic mass is 32.2. The molecular weight excluding hydrogens is 290 g/mol. The van der Waals surface area contributed by atoms with E-state index >= 15 is 0 Å². The average molecular weight is 319 g/mol. The van der Waals surface area contributed by atoms with Gasteiger partial charge in [0.2, 0.25) is 0 Å². The molecule has 7 heteroatoms. The first-order valence-corrected chi connectivity index (χ1v) is 9.64. The van der Waals surface area contributed by atoms with Crippen molar-refractivity contribution in [1.29, 1.82) is 0 Å². The van der Waals surface area contributed by atoms with E-state index in [1.165, 1.54) is 0 Å². The first kappa shape index (κ1) is 17.1. The van der Waals surface area contributed by atoms with Gasteiger partial charge in [-0.25, -0.2) is 0 Å². The van der Waals surface area contributed by atoms with Crippen molar-refractivity contribution in [2.45, 2.75) is 63.5 Å². The summed E-state index contributed by atoms with van der Waals surface area (Å²) in [5.74, 6) is 0. The van der Waals surface area contributed by atoms with Crippen LogP contribution in [0.4, 0.5) is 0 Å². The molecule has 1 aliphatic carbocycles. The fourth-order valence-corrected chi connectivity index (χ4v) is 4.29. The number of rotatable bonds is 6. The van der Waals surface area contributed by atoms with E-state index < -0.39 is 10.2 Å². The Balaban J connectivity index is 1.64. The molecule has 0 bridgehead atoms. The molecule has 0 radical (unpaired) electrons. The van der Waals surface area contributed by atoms with Crippen molar-refractivity contribution >= 4 is 10.2 Å². The van der Waals surface area contributed by atoms with Crippen LogP contribution < -0.4 is 10.5 Å². The molecule has 1 heterocycles. The maximum absolute atomic E-state index is 12.2. The zero-order valence-corrected chi connectivity index (χ0v) is 13.6. The van der Waals surface area contributed by atoms with Gasteiger partial charge in [0.15, 0.2) is 0 Å². The fraction of sp³-hybridized carbons (Fsp3) is 1.00. The highest BCUT2D eigenvalue weighted by molar-refractivity contribution is 7.87. The Morgan fingerprint density at radius 1 is 1.05 bits per heavy atom. The van der Waals surface area contributed by atoms with Gasteiger partial charge in [0, 0.05) is 25.7 Å². The van der Waals surface area contributed by atoms with Gasteiger partial charge in [0.1, 0.15) is 0 Å². The topological polar surface area (TPSA) is 84.7 Å². The SMILES string of the molecule is NC1CCC(OCCNS(=O)(=O)N2CCCCCC2)CC1. The first-order chi connectivity index (χ1) is 10.1. The lowest BCUT2D eigenvalue weighted by molar-refractivity contribution is 0.0286. The summed E-state index contributed by atoms with van der Waals surface area (Å²) in [7, 11) is -3.34. The van der Waals surface area contributed by atoms with Crippen molar-refractivity contribution in [3.05, 3.63) is 0 Å². The van der Waals surface area contributed by atoms with E-state index in [0.717, 1.165) is 51.4 Å². The molecule has 124 valence electrons. The van der Waals surface area contributed by atoms with E-state index in [-0.39, 0.29) is 6.10 Å². The van der Waals surface area contributed by atoms with Crippen LogP contribution in [-0.2, 0) is 14.9 Å². The van der Waals surface area contributed by atoms with E-state index in [0.29, 0.717) is 32.3 Å². The quantitative estimate of drug-likeness (QED) is 0.715. The third kappa shape index (κ3) is 5.83. The Labute approximate surface area is 128 Å². The maximum Gasteiger partial charge on any atom is 0.279 e. The van der Waals surface area contributed by atoms with Gasteiger partial charge in [0.05, 0.1) is 12.7 Å². The highest BCUT2D eigenvalue weighted by Gasteiger charge is 2.23. The summed E-state index contributed by atoms with van der Waals surface area (Å²) in [6, 6.07) is 0.311. The minimum absolute atomic E-state index is 0.243. The summed E-state index contributed by atoms with van der Waals surface area (Å²) < 4.78 is 34.3. The number of ether oxygens (including phenoxy) is 1. The van der Waals surface area contributed by atoms with Crippen molar-refractivity contribution in [2.75, 3.05) is 26.2 Å². The molecule has 21 heavy (non-hydrogen) atoms. The molecule has 0 unspecified atom stereocenters. The zero-order chi connectivity index (χ0) is 15.1. The van der Waals surface area contributed by atoms with Crippen LogP contribution in [0.25, 0.3) is 0 Å². The van der Waals surface area contributed by atoms with Crippen molar-refractivity contribution in [3.8, 4) is 0 Å². The lowest BCUT2D eigenvalue weighted by Crippen LogP contribution is -2.42. The van der Waals surface area contributed by atoms with Crippen molar-refractivity contribution < 1.29 is 13.2 Å². The number of hydrogen-bond acceptors (Lipinski definition) is 4. The molecule has 6 nitrogen and oxygen atoms in total. The monoisotopic (exact) mass is 319 g/mol. The molecule has 1 aliphatic heterocycles. The smallest absolute Gasteiger partial charge is 0.279 e. The summed E-state index contributed by atoms with van der Waals surface area (Å²) in [6.07, 6.45) is 8.39. The third-order valence-electron chi connectivity index (χ3n) is 4.36. The molecule has 3 N–H and O–H groups in total. The molecule has 0 aromatic heterocycles. The molecule has 0 aromatic carbocycles. The largest absolute Gasteiger partial charge is 0.377 e. The lowest BCUT2D eigenvalue weighted by atomic mass is 9.94. The molecule has 1 saturated carbocycles. The predicted molar refractivity (Wildman–Crippen MR) is 83.1 cm³/mol. The zero-order valence-electron chi connectivity index (χ0n) is 12.8. The van der Waals surface area contributed by atoms with Gasteiger partial charge in [0.25, 0.3) is 10.2 Å². The molecule has 0 atom stereocenters. The summed E-state index contributed by atoms with van der Waals surface area (Å²) in [5.41, 5.74) is 5.85. The van der Waals surface area contributed by atoms with Crippen LogP contribution in [0, 0.1) is 0 Å². The third-order valence-corrected chi connectivity index (χ3v) is 5.98. The summed E-state index contributed by atoms with van der Waals surface area (Å²) in [5, 5.41) is 0. The van der Waals surface area contributed by atoms with Crippen LogP contribution in [0.5, 0.6) is 0 Å². The van der Waals surface area contributed by atoms with Gasteiger partial charge in [-0.2, -0.15) is 17.4 Å². The van der Waals surface area contributed by atoms with Crippen LogP contribution in [0.15, 0.2) is 0 Å². The van der Waals surface area contributed by atoms with Gasteiger partial charge in [-0.1, -0.05) is 12.8 Å². The van der Waals surface area contributed by atoms with Crippen molar-refractivity contribution in [3.63, 3.8) is 0 Å². The lowest BCUT2D eigenvalue weighted by Gasteiger charge is -2.26. The number of nitrogens with two attached hydrogens (primary N) is 1. The van der Waals surface area contributed by atoms with Crippen LogP contribution in [-0.4, -0.2) is 51.1 Å². The molecule has 1 saturated heterocycles. The Kier molecular flexibility index (Phi) is 6.88. The van der Waals surface area contributed by atoms with Gasteiger partial charge < -0.3 is 10.5 Å². The van der Waals surface area contributed by atoms with Gasteiger partial charge in [-0.3, -0.25) is 0 Å². The van der Waals surface area contributed by atoms with E-state index in [2.05, 4.69) is 4.72 Å². The maximum atomic E-state index is 12.2. The molecule has 0 amide bonds. The number of nitrogens with one attached hydrogen (secondary N) is 1. The minimum Gasteiger partial charge on any atom is -0.377 e. The molecule has 2 aliphatic rings. The van der Waals surface area contributed by atoms with Crippen LogP contribution in [0.3, 0.4) is 0 Å². The van der Waals surface area contributed by atoms with E-state index in [9.17, 15) is 8.42 Å². The summed E-state index contributed by atoms with van der Waals surface area (Å²) in [6.45, 7) is 2.06. The average Bonchev–Trinajstić information content (AvgIpc) is 2.75. The Bertz CT molecular complexity index is 386. The Morgan fingerprint density at radius 2 is 1.67 bits per heavy atom. The standard InChI is InChI=1S/C14H29N3O3S/c15-13-5-7-14(8-6-13)20-12-9-16-21(18,19)17-10-3-1-2-4-11-17/h13-14,16H,1-12,15H2. The first-order valence-electron chi connectivity index (χ1n) is 8.20. The highest BCUT2D eigenvalue weighted by Crippen LogP contribution is 2.19. The number of hydrogen-bond donors (Lipinski definition) is 2. The second kappa shape index (κ2) is 8.43. The van der Waals surface area contributed by atoms with E-state index in [4.69, 9.17) is 10.5 Å². The van der Waals surface area contributed by atoms with Crippen molar-refractivity contribution in [1.82, 2.24) is 9.03 Å². The predicted octanol–water partition coefficient (Wildman–Crippen LogP) is 0.983. The molecule has 2 fully saturated rings. The van der Waals surface area contributed by atoms with Crippen LogP contribution in [0.1, 0.15) is 51.4 Å². The Hall–Kier alpha value is -0.210. The molecule has 0 spiro atoms. The van der Waals surface area contributed by atoms with Crippen molar-refractivity contribution in [2.24, 2.45) is 5.73 Å². The molecular formula is C14H29N3O3S. The Morgan fingerprint density at radius 3 is 2.29 bits per heavy atom. The second-order valence-corrected chi connectivity index (χ2v) is 7.88. The van der Waals surface area contributed by atoms with Gasteiger partial charge in [-0.05, 0) is 38.5 Å². The molecule has 2 rings (SSSR count).